The first-order valence-electron chi connectivity index (χ1n) is 6.44. The molecule has 0 amide bonds. The van der Waals surface area contributed by atoms with Gasteiger partial charge < -0.3 is 15.2 Å². The van der Waals surface area contributed by atoms with Crippen molar-refractivity contribution >= 4 is 0 Å². The Bertz CT molecular complexity index is 409. The van der Waals surface area contributed by atoms with Gasteiger partial charge in [-0.05, 0) is 38.0 Å². The molecule has 0 heterocycles. The molecule has 0 saturated heterocycles. The van der Waals surface area contributed by atoms with Crippen LogP contribution in [0.2, 0.25) is 0 Å². The highest BCUT2D eigenvalue weighted by Gasteiger charge is 2.13. The van der Waals surface area contributed by atoms with E-state index in [2.05, 4.69) is 11.9 Å². The minimum atomic E-state index is -0.431. The summed E-state index contributed by atoms with van der Waals surface area (Å²) in [7, 11) is 1.56. The van der Waals surface area contributed by atoms with Gasteiger partial charge in [-0.25, -0.2) is 4.39 Å². The topological polar surface area (TPSA) is 41.5 Å². The predicted octanol–water partition coefficient (Wildman–Crippen LogP) is 2.81. The van der Waals surface area contributed by atoms with E-state index in [1.807, 2.05) is 6.92 Å². The van der Waals surface area contributed by atoms with E-state index in [-0.39, 0.29) is 11.9 Å². The van der Waals surface area contributed by atoms with Gasteiger partial charge in [-0.2, -0.15) is 0 Å². The average Bonchev–Trinajstić information content (AvgIpc) is 2.42. The molecule has 2 unspecified atom stereocenters. The van der Waals surface area contributed by atoms with Crippen molar-refractivity contribution < 1.29 is 14.2 Å². The van der Waals surface area contributed by atoms with Crippen molar-refractivity contribution in [1.29, 1.82) is 0 Å². The Labute approximate surface area is 114 Å². The monoisotopic (exact) mass is 267 g/mol. The van der Waals surface area contributed by atoms with Gasteiger partial charge in [-0.3, -0.25) is 0 Å². The number of aliphatic hydroxyl groups excluding tert-OH is 1. The first-order chi connectivity index (χ1) is 9.08. The molecule has 1 aromatic carbocycles. The van der Waals surface area contributed by atoms with E-state index in [1.54, 1.807) is 19.3 Å². The molecule has 1 aromatic rings. The highest BCUT2D eigenvalue weighted by atomic mass is 19.1. The van der Waals surface area contributed by atoms with Crippen LogP contribution in [-0.2, 0) is 0 Å². The van der Waals surface area contributed by atoms with Crippen LogP contribution in [0, 0.1) is 5.82 Å². The predicted molar refractivity (Wildman–Crippen MR) is 74.8 cm³/mol. The number of benzene rings is 1. The first kappa shape index (κ1) is 15.7. The molecule has 0 fully saturated rings. The molecule has 2 N–H and O–H groups in total. The second kappa shape index (κ2) is 7.92. The SMILES string of the molecule is C=CCCC(O)CNC(C)c1cc(F)ccc1OC. The highest BCUT2D eigenvalue weighted by Crippen LogP contribution is 2.25. The Kier molecular flexibility index (Phi) is 6.53. The molecular formula is C15H22FNO2. The number of nitrogens with one attached hydrogen (secondary N) is 1. The molecule has 2 atom stereocenters. The summed E-state index contributed by atoms with van der Waals surface area (Å²) >= 11 is 0. The van der Waals surface area contributed by atoms with Crippen molar-refractivity contribution in [3.8, 4) is 5.75 Å². The number of halogens is 1. The van der Waals surface area contributed by atoms with Gasteiger partial charge in [0, 0.05) is 18.2 Å². The lowest BCUT2D eigenvalue weighted by Gasteiger charge is -2.19. The zero-order chi connectivity index (χ0) is 14.3. The summed E-state index contributed by atoms with van der Waals surface area (Å²) in [6, 6.07) is 4.33. The fourth-order valence-electron chi connectivity index (χ4n) is 1.88. The van der Waals surface area contributed by atoms with Crippen molar-refractivity contribution in [1.82, 2.24) is 5.32 Å². The number of rotatable bonds is 8. The molecule has 0 aliphatic heterocycles. The van der Waals surface area contributed by atoms with Crippen molar-refractivity contribution in [2.45, 2.75) is 31.9 Å². The van der Waals surface area contributed by atoms with Crippen LogP contribution in [0.5, 0.6) is 5.75 Å². The zero-order valence-electron chi connectivity index (χ0n) is 11.5. The molecule has 0 saturated carbocycles. The van der Waals surface area contributed by atoms with E-state index in [9.17, 15) is 9.50 Å². The van der Waals surface area contributed by atoms with E-state index in [1.165, 1.54) is 12.1 Å². The van der Waals surface area contributed by atoms with Crippen LogP contribution in [0.4, 0.5) is 4.39 Å². The molecule has 0 aliphatic rings. The van der Waals surface area contributed by atoms with Gasteiger partial charge in [-0.15, -0.1) is 6.58 Å². The lowest BCUT2D eigenvalue weighted by Crippen LogP contribution is -2.29. The smallest absolute Gasteiger partial charge is 0.123 e. The fraction of sp³-hybridized carbons (Fsp3) is 0.467. The van der Waals surface area contributed by atoms with Gasteiger partial charge in [0.05, 0.1) is 13.2 Å². The van der Waals surface area contributed by atoms with Gasteiger partial charge in [-0.1, -0.05) is 6.08 Å². The Balaban J connectivity index is 2.59. The Morgan fingerprint density at radius 1 is 1.53 bits per heavy atom. The molecule has 1 rings (SSSR count). The van der Waals surface area contributed by atoms with Crippen molar-refractivity contribution in [3.63, 3.8) is 0 Å². The number of hydrogen-bond donors (Lipinski definition) is 2. The van der Waals surface area contributed by atoms with Crippen LogP contribution in [0.3, 0.4) is 0 Å². The largest absolute Gasteiger partial charge is 0.496 e. The second-order valence-electron chi connectivity index (χ2n) is 4.54. The zero-order valence-corrected chi connectivity index (χ0v) is 11.5. The van der Waals surface area contributed by atoms with Crippen LogP contribution in [0.15, 0.2) is 30.9 Å². The summed E-state index contributed by atoms with van der Waals surface area (Å²) in [5.41, 5.74) is 0.749. The van der Waals surface area contributed by atoms with Crippen LogP contribution >= 0.6 is 0 Å². The first-order valence-corrected chi connectivity index (χ1v) is 6.44. The van der Waals surface area contributed by atoms with Crippen LogP contribution < -0.4 is 10.1 Å². The van der Waals surface area contributed by atoms with Gasteiger partial charge in [0.2, 0.25) is 0 Å². The summed E-state index contributed by atoms with van der Waals surface area (Å²) in [4.78, 5) is 0. The standard InChI is InChI=1S/C15H22FNO2/c1-4-5-6-13(18)10-17-11(2)14-9-12(16)7-8-15(14)19-3/h4,7-9,11,13,17-18H,1,5-6,10H2,2-3H3. The maximum absolute atomic E-state index is 13.3. The molecule has 3 nitrogen and oxygen atoms in total. The third-order valence-corrected chi connectivity index (χ3v) is 3.02. The number of hydrogen-bond acceptors (Lipinski definition) is 3. The van der Waals surface area contributed by atoms with Crippen molar-refractivity contribution in [3.05, 3.63) is 42.2 Å². The van der Waals surface area contributed by atoms with Crippen molar-refractivity contribution in [2.75, 3.05) is 13.7 Å². The van der Waals surface area contributed by atoms with Gasteiger partial charge in [0.25, 0.3) is 0 Å². The normalized spacial score (nSPS) is 13.9. The van der Waals surface area contributed by atoms with E-state index >= 15 is 0 Å². The summed E-state index contributed by atoms with van der Waals surface area (Å²) in [6.45, 7) is 5.99. The summed E-state index contributed by atoms with van der Waals surface area (Å²) < 4.78 is 18.5. The highest BCUT2D eigenvalue weighted by molar-refractivity contribution is 5.36. The van der Waals surface area contributed by atoms with Crippen LogP contribution in [-0.4, -0.2) is 24.9 Å². The number of allylic oxidation sites excluding steroid dienone is 1. The Hall–Kier alpha value is -1.39. The Morgan fingerprint density at radius 2 is 2.26 bits per heavy atom. The van der Waals surface area contributed by atoms with Gasteiger partial charge >= 0.3 is 0 Å². The molecule has 0 spiro atoms. The average molecular weight is 267 g/mol. The van der Waals surface area contributed by atoms with Crippen LogP contribution in [0.1, 0.15) is 31.4 Å². The minimum absolute atomic E-state index is 0.0935. The van der Waals surface area contributed by atoms with E-state index in [0.29, 0.717) is 18.7 Å². The molecule has 0 radical (unpaired) electrons. The summed E-state index contributed by atoms with van der Waals surface area (Å²) in [5, 5.41) is 12.9. The summed E-state index contributed by atoms with van der Waals surface area (Å²) in [5.74, 6) is 0.346. The Morgan fingerprint density at radius 3 is 2.89 bits per heavy atom. The lowest BCUT2D eigenvalue weighted by molar-refractivity contribution is 0.159. The minimum Gasteiger partial charge on any atom is -0.496 e. The number of methoxy groups -OCH3 is 1. The number of aliphatic hydroxyl groups is 1. The van der Waals surface area contributed by atoms with Crippen molar-refractivity contribution in [2.24, 2.45) is 0 Å². The lowest BCUT2D eigenvalue weighted by atomic mass is 10.1. The maximum Gasteiger partial charge on any atom is 0.123 e. The molecule has 106 valence electrons. The number of ether oxygens (including phenoxy) is 1. The summed E-state index contributed by atoms with van der Waals surface area (Å²) in [6.07, 6.45) is 2.80. The molecule has 0 bridgehead atoms. The van der Waals surface area contributed by atoms with E-state index in [4.69, 9.17) is 4.74 Å². The molecule has 4 heteroatoms. The molecular weight excluding hydrogens is 245 g/mol. The van der Waals surface area contributed by atoms with E-state index < -0.39 is 6.10 Å². The fourth-order valence-corrected chi connectivity index (χ4v) is 1.88. The quantitative estimate of drug-likeness (QED) is 0.712. The third-order valence-electron chi connectivity index (χ3n) is 3.02. The second-order valence-corrected chi connectivity index (χ2v) is 4.54. The molecule has 0 aliphatic carbocycles. The van der Waals surface area contributed by atoms with Crippen LogP contribution in [0.25, 0.3) is 0 Å². The third kappa shape index (κ3) is 5.01. The van der Waals surface area contributed by atoms with Gasteiger partial charge in [0.15, 0.2) is 0 Å². The maximum atomic E-state index is 13.3. The van der Waals surface area contributed by atoms with E-state index in [0.717, 1.165) is 12.0 Å². The molecule has 0 aromatic heterocycles. The molecule has 19 heavy (non-hydrogen) atoms. The van der Waals surface area contributed by atoms with Gasteiger partial charge in [0.1, 0.15) is 11.6 Å².